The molecule has 0 heterocycles. The van der Waals surface area contributed by atoms with Crippen LogP contribution in [0.5, 0.6) is 0 Å². The maximum absolute atomic E-state index is 8.74. The van der Waals surface area contributed by atoms with Crippen LogP contribution >= 0.6 is 0 Å². The molecule has 0 aromatic rings. The fourth-order valence-electron chi connectivity index (χ4n) is 0. The molecule has 0 aliphatic heterocycles. The van der Waals surface area contributed by atoms with Gasteiger partial charge in [-0.3, -0.25) is 9.11 Å². The van der Waals surface area contributed by atoms with Gasteiger partial charge in [-0.15, -0.1) is 0 Å². The van der Waals surface area contributed by atoms with Gasteiger partial charge in [-0.25, -0.2) is 0 Å². The van der Waals surface area contributed by atoms with E-state index in [1.165, 1.54) is 0 Å². The van der Waals surface area contributed by atoms with Crippen LogP contribution < -0.4 is 0 Å². The van der Waals surface area contributed by atoms with Crippen molar-refractivity contribution in [1.29, 1.82) is 0 Å². The summed E-state index contributed by atoms with van der Waals surface area (Å²) in [4.78, 5) is 0. The Bertz CT molecular complexity index is 109. The van der Waals surface area contributed by atoms with Crippen molar-refractivity contribution in [1.82, 2.24) is 0 Å². The summed E-state index contributed by atoms with van der Waals surface area (Å²) in [6, 6.07) is 0. The minimum atomic E-state index is -4.67. The van der Waals surface area contributed by atoms with Crippen molar-refractivity contribution in [2.24, 2.45) is 0 Å². The largest absolute Gasteiger partial charge is 0.397 e. The molecule has 0 atom stereocenters. The van der Waals surface area contributed by atoms with Gasteiger partial charge in [0.1, 0.15) is 0 Å². The van der Waals surface area contributed by atoms with Crippen LogP contribution in [0.4, 0.5) is 0 Å². The Balaban J connectivity index is -0.0000000800. The molecule has 0 spiro atoms. The average Bonchev–Trinajstić information content (AvgIpc) is 1.27. The number of rotatable bonds is 0. The summed E-state index contributed by atoms with van der Waals surface area (Å²) in [6.07, 6.45) is 0. The maximum Gasteiger partial charge on any atom is 0.394 e. The molecule has 0 bridgehead atoms. The van der Waals surface area contributed by atoms with E-state index in [0.717, 1.165) is 0 Å². The van der Waals surface area contributed by atoms with Crippen molar-refractivity contribution in [2.45, 2.75) is 6.92 Å². The van der Waals surface area contributed by atoms with E-state index < -0.39 is 10.4 Å². The van der Waals surface area contributed by atoms with Crippen LogP contribution in [0.15, 0.2) is 0 Å². The second kappa shape index (κ2) is 8.35. The van der Waals surface area contributed by atoms with Gasteiger partial charge in [-0.05, 0) is 6.92 Å². The van der Waals surface area contributed by atoms with Crippen LogP contribution in [0.2, 0.25) is 0 Å². The Labute approximate surface area is 64.1 Å². The number of hydrogen-bond acceptors (Lipinski definition) is 3. The summed E-state index contributed by atoms with van der Waals surface area (Å²) in [5.74, 6) is 0. The quantitative estimate of drug-likeness (QED) is 0.362. The zero-order valence-electron chi connectivity index (χ0n) is 4.58. The molecule has 0 aliphatic rings. The zero-order valence-corrected chi connectivity index (χ0v) is 6.33. The predicted molar refractivity (Wildman–Crippen MR) is 26.9 cm³/mol. The maximum atomic E-state index is 8.74. The van der Waals surface area contributed by atoms with Gasteiger partial charge in [0.25, 0.3) is 0 Å². The SMILES string of the molecule is CCO.O=S(=O)(O)O.[Cu]. The van der Waals surface area contributed by atoms with Crippen LogP contribution in [0.3, 0.4) is 0 Å². The normalized spacial score (nSPS) is 8.44. The van der Waals surface area contributed by atoms with Gasteiger partial charge in [-0.1, -0.05) is 0 Å². The molecule has 0 aliphatic carbocycles. The van der Waals surface area contributed by atoms with Crippen LogP contribution in [-0.4, -0.2) is 29.2 Å². The van der Waals surface area contributed by atoms with Gasteiger partial charge < -0.3 is 5.11 Å². The molecule has 0 rings (SSSR count). The molecule has 0 aromatic carbocycles. The van der Waals surface area contributed by atoms with E-state index in [0.29, 0.717) is 0 Å². The van der Waals surface area contributed by atoms with Gasteiger partial charge in [0.05, 0.1) is 0 Å². The molecular formula is C2H8CuO5S. The second-order valence-electron chi connectivity index (χ2n) is 0.764. The van der Waals surface area contributed by atoms with Gasteiger partial charge in [0.2, 0.25) is 0 Å². The standard InChI is InChI=1S/C2H6O.Cu.H2O4S/c1-2-3;;1-5(2,3)4/h3H,2H2,1H3;;(H2,1,2,3,4). The summed E-state index contributed by atoms with van der Waals surface area (Å²) in [5, 5.41) is 7.57. The molecule has 1 radical (unpaired) electrons. The Morgan fingerprint density at radius 3 is 1.33 bits per heavy atom. The third-order valence-electron chi connectivity index (χ3n) is 0. The third kappa shape index (κ3) is 2760. The Kier molecular flexibility index (Phi) is 15.0. The first-order valence-electron chi connectivity index (χ1n) is 1.72. The van der Waals surface area contributed by atoms with E-state index >= 15 is 0 Å². The fourth-order valence-corrected chi connectivity index (χ4v) is 0. The number of hydrogen-bond donors (Lipinski definition) is 3. The minimum Gasteiger partial charge on any atom is -0.397 e. The van der Waals surface area contributed by atoms with Gasteiger partial charge in [0.15, 0.2) is 0 Å². The van der Waals surface area contributed by atoms with Crippen LogP contribution in [0.25, 0.3) is 0 Å². The second-order valence-corrected chi connectivity index (χ2v) is 1.66. The summed E-state index contributed by atoms with van der Waals surface area (Å²) in [6.45, 7) is 1.93. The summed E-state index contributed by atoms with van der Waals surface area (Å²) >= 11 is 0. The van der Waals surface area contributed by atoms with E-state index in [9.17, 15) is 0 Å². The molecule has 63 valence electrons. The first-order valence-corrected chi connectivity index (χ1v) is 3.12. The number of aliphatic hydroxyl groups excluding tert-OH is 1. The Morgan fingerprint density at radius 2 is 1.33 bits per heavy atom. The van der Waals surface area contributed by atoms with Crippen LogP contribution in [0, 0.1) is 0 Å². The Hall–Kier alpha value is 0.349. The summed E-state index contributed by atoms with van der Waals surface area (Å²) < 4.78 is 31.6. The molecule has 0 amide bonds. The molecule has 9 heavy (non-hydrogen) atoms. The molecule has 0 saturated carbocycles. The first-order chi connectivity index (χ1) is 3.41. The van der Waals surface area contributed by atoms with Gasteiger partial charge in [0, 0.05) is 23.7 Å². The van der Waals surface area contributed by atoms with E-state index in [1.807, 2.05) is 0 Å². The van der Waals surface area contributed by atoms with Crippen molar-refractivity contribution < 1.29 is 39.7 Å². The molecule has 0 aromatic heterocycles. The smallest absolute Gasteiger partial charge is 0.394 e. The minimum absolute atomic E-state index is 0. The van der Waals surface area contributed by atoms with E-state index in [-0.39, 0.29) is 23.7 Å². The molecule has 5 nitrogen and oxygen atoms in total. The molecule has 7 heteroatoms. The Morgan fingerprint density at radius 1 is 1.33 bits per heavy atom. The molecule has 0 saturated heterocycles. The van der Waals surface area contributed by atoms with Crippen molar-refractivity contribution in [2.75, 3.05) is 6.61 Å². The predicted octanol–water partition coefficient (Wildman–Crippen LogP) is -0.657. The summed E-state index contributed by atoms with van der Waals surface area (Å²) in [7, 11) is -4.67. The first kappa shape index (κ1) is 16.2. The van der Waals surface area contributed by atoms with E-state index in [1.54, 1.807) is 6.92 Å². The van der Waals surface area contributed by atoms with Crippen molar-refractivity contribution >= 4 is 10.4 Å². The average molecular weight is 208 g/mol. The van der Waals surface area contributed by atoms with Crippen LogP contribution in [-0.2, 0) is 27.5 Å². The van der Waals surface area contributed by atoms with Crippen molar-refractivity contribution in [3.05, 3.63) is 0 Å². The number of aliphatic hydroxyl groups is 1. The monoisotopic (exact) mass is 207 g/mol. The fraction of sp³-hybridized carbons (Fsp3) is 1.00. The van der Waals surface area contributed by atoms with Gasteiger partial charge in [-0.2, -0.15) is 8.42 Å². The zero-order chi connectivity index (χ0) is 7.21. The van der Waals surface area contributed by atoms with Crippen molar-refractivity contribution in [3.8, 4) is 0 Å². The van der Waals surface area contributed by atoms with E-state index in [2.05, 4.69) is 0 Å². The molecule has 0 unspecified atom stereocenters. The van der Waals surface area contributed by atoms with Crippen molar-refractivity contribution in [3.63, 3.8) is 0 Å². The molecule has 0 fully saturated rings. The third-order valence-corrected chi connectivity index (χ3v) is 0. The van der Waals surface area contributed by atoms with E-state index in [4.69, 9.17) is 22.6 Å². The molecule has 3 N–H and O–H groups in total. The topological polar surface area (TPSA) is 94.8 Å². The summed E-state index contributed by atoms with van der Waals surface area (Å²) in [5.41, 5.74) is 0. The molecular weight excluding hydrogens is 200 g/mol. The van der Waals surface area contributed by atoms with Crippen LogP contribution in [0.1, 0.15) is 6.92 Å². The van der Waals surface area contributed by atoms with Gasteiger partial charge >= 0.3 is 10.4 Å².